The first kappa shape index (κ1) is 18.3. The SMILES string of the molecule is C[C@H](Sc1nnc(C2CC2)n1Cc1ccccc1)C(=O)NCc1cccs1. The lowest BCUT2D eigenvalue weighted by Gasteiger charge is -2.13. The first-order valence-electron chi connectivity index (χ1n) is 9.14. The standard InChI is InChI=1S/C20H22N4OS2/c1-14(19(25)21-12-17-8-5-11-26-17)27-20-23-22-18(16-9-10-16)24(20)13-15-6-3-2-4-7-15/h2-8,11,14,16H,9-10,12-13H2,1H3,(H,21,25)/t14-/m0/s1. The zero-order chi connectivity index (χ0) is 18.6. The Labute approximate surface area is 167 Å². The van der Waals surface area contributed by atoms with Crippen LogP contribution in [-0.4, -0.2) is 25.9 Å². The summed E-state index contributed by atoms with van der Waals surface area (Å²) in [6, 6.07) is 14.4. The molecular weight excluding hydrogens is 376 g/mol. The van der Waals surface area contributed by atoms with Crippen molar-refractivity contribution >= 4 is 29.0 Å². The van der Waals surface area contributed by atoms with Gasteiger partial charge in [-0.05, 0) is 36.8 Å². The first-order chi connectivity index (χ1) is 13.2. The minimum atomic E-state index is -0.226. The summed E-state index contributed by atoms with van der Waals surface area (Å²) in [5.74, 6) is 1.58. The third kappa shape index (κ3) is 4.59. The summed E-state index contributed by atoms with van der Waals surface area (Å²) < 4.78 is 2.18. The summed E-state index contributed by atoms with van der Waals surface area (Å²) in [6.45, 7) is 3.24. The molecule has 1 aliphatic carbocycles. The molecular formula is C20H22N4OS2. The zero-order valence-corrected chi connectivity index (χ0v) is 16.8. The smallest absolute Gasteiger partial charge is 0.233 e. The van der Waals surface area contributed by atoms with Gasteiger partial charge in [-0.1, -0.05) is 48.2 Å². The summed E-state index contributed by atoms with van der Waals surface area (Å²) in [5.41, 5.74) is 1.22. The van der Waals surface area contributed by atoms with Gasteiger partial charge >= 0.3 is 0 Å². The van der Waals surface area contributed by atoms with E-state index in [1.165, 1.54) is 30.2 Å². The van der Waals surface area contributed by atoms with E-state index in [9.17, 15) is 4.79 Å². The van der Waals surface area contributed by atoms with E-state index in [4.69, 9.17) is 0 Å². The lowest BCUT2D eigenvalue weighted by molar-refractivity contribution is -0.120. The highest BCUT2D eigenvalue weighted by molar-refractivity contribution is 8.00. The van der Waals surface area contributed by atoms with Crippen LogP contribution >= 0.6 is 23.1 Å². The number of nitrogens with one attached hydrogen (secondary N) is 1. The summed E-state index contributed by atoms with van der Waals surface area (Å²) in [7, 11) is 0. The number of amides is 1. The number of rotatable bonds is 8. The minimum Gasteiger partial charge on any atom is -0.350 e. The molecule has 2 aromatic heterocycles. The Balaban J connectivity index is 1.45. The van der Waals surface area contributed by atoms with Crippen LogP contribution in [0.4, 0.5) is 0 Å². The maximum atomic E-state index is 12.5. The lowest BCUT2D eigenvalue weighted by Crippen LogP contribution is -2.30. The van der Waals surface area contributed by atoms with E-state index in [0.29, 0.717) is 12.5 Å². The van der Waals surface area contributed by atoms with Crippen LogP contribution in [0.5, 0.6) is 0 Å². The summed E-state index contributed by atoms with van der Waals surface area (Å²) in [4.78, 5) is 13.6. The molecule has 0 saturated heterocycles. The number of hydrogen-bond donors (Lipinski definition) is 1. The van der Waals surface area contributed by atoms with Gasteiger partial charge in [-0.3, -0.25) is 4.79 Å². The van der Waals surface area contributed by atoms with Crippen LogP contribution in [0.15, 0.2) is 53.0 Å². The number of nitrogens with zero attached hydrogens (tertiary/aromatic N) is 3. The van der Waals surface area contributed by atoms with Gasteiger partial charge in [0.1, 0.15) is 5.82 Å². The second kappa shape index (κ2) is 8.27. The van der Waals surface area contributed by atoms with Gasteiger partial charge in [0.25, 0.3) is 0 Å². The molecule has 2 heterocycles. The minimum absolute atomic E-state index is 0.0237. The Bertz CT molecular complexity index is 888. The highest BCUT2D eigenvalue weighted by atomic mass is 32.2. The fourth-order valence-corrected chi connectivity index (χ4v) is 4.41. The number of carbonyl (C=O) groups is 1. The first-order valence-corrected chi connectivity index (χ1v) is 10.9. The average Bonchev–Trinajstić information content (AvgIpc) is 3.25. The van der Waals surface area contributed by atoms with E-state index >= 15 is 0 Å². The third-order valence-corrected chi connectivity index (χ3v) is 6.50. The molecule has 140 valence electrons. The molecule has 0 aliphatic heterocycles. The fraction of sp³-hybridized carbons (Fsp3) is 0.350. The Morgan fingerprint density at radius 2 is 2.07 bits per heavy atom. The fourth-order valence-electron chi connectivity index (χ4n) is 2.89. The molecule has 7 heteroatoms. The van der Waals surface area contributed by atoms with E-state index in [0.717, 1.165) is 22.4 Å². The summed E-state index contributed by atoms with van der Waals surface area (Å²) >= 11 is 3.13. The summed E-state index contributed by atoms with van der Waals surface area (Å²) in [5, 5.41) is 14.5. The number of benzene rings is 1. The Hall–Kier alpha value is -2.12. The van der Waals surface area contributed by atoms with Gasteiger partial charge in [0.05, 0.1) is 18.3 Å². The van der Waals surface area contributed by atoms with Crippen LogP contribution in [-0.2, 0) is 17.9 Å². The lowest BCUT2D eigenvalue weighted by atomic mass is 10.2. The van der Waals surface area contributed by atoms with Crippen molar-refractivity contribution in [1.82, 2.24) is 20.1 Å². The molecule has 1 saturated carbocycles. The van der Waals surface area contributed by atoms with Gasteiger partial charge < -0.3 is 9.88 Å². The van der Waals surface area contributed by atoms with Gasteiger partial charge in [-0.2, -0.15) is 0 Å². The molecule has 1 aliphatic rings. The molecule has 3 aromatic rings. The molecule has 5 nitrogen and oxygen atoms in total. The molecule has 27 heavy (non-hydrogen) atoms. The molecule has 1 N–H and O–H groups in total. The van der Waals surface area contributed by atoms with Crippen LogP contribution in [0.1, 0.15) is 41.9 Å². The number of thioether (sulfide) groups is 1. The Morgan fingerprint density at radius 1 is 1.26 bits per heavy atom. The van der Waals surface area contributed by atoms with Crippen molar-refractivity contribution in [2.75, 3.05) is 0 Å². The average molecular weight is 399 g/mol. The highest BCUT2D eigenvalue weighted by Crippen LogP contribution is 2.40. The van der Waals surface area contributed by atoms with E-state index < -0.39 is 0 Å². The Morgan fingerprint density at radius 3 is 2.78 bits per heavy atom. The molecule has 0 spiro atoms. The molecule has 1 fully saturated rings. The normalized spacial score (nSPS) is 14.9. The maximum Gasteiger partial charge on any atom is 0.233 e. The van der Waals surface area contributed by atoms with Crippen molar-refractivity contribution in [3.05, 3.63) is 64.1 Å². The van der Waals surface area contributed by atoms with E-state index in [-0.39, 0.29) is 11.2 Å². The topological polar surface area (TPSA) is 59.8 Å². The monoisotopic (exact) mass is 398 g/mol. The predicted octanol–water partition coefficient (Wildman–Crippen LogP) is 4.06. The van der Waals surface area contributed by atoms with Crippen molar-refractivity contribution in [2.45, 2.75) is 49.2 Å². The molecule has 0 bridgehead atoms. The number of hydrogen-bond acceptors (Lipinski definition) is 5. The number of thiophene rings is 1. The molecule has 1 amide bonds. The number of aromatic nitrogens is 3. The molecule has 1 aromatic carbocycles. The van der Waals surface area contributed by atoms with Crippen molar-refractivity contribution in [2.24, 2.45) is 0 Å². The second-order valence-corrected chi connectivity index (χ2v) is 9.08. The number of carbonyl (C=O) groups excluding carboxylic acids is 1. The van der Waals surface area contributed by atoms with Crippen LogP contribution in [0.2, 0.25) is 0 Å². The van der Waals surface area contributed by atoms with Crippen molar-refractivity contribution in [1.29, 1.82) is 0 Å². The maximum absolute atomic E-state index is 12.5. The van der Waals surface area contributed by atoms with Crippen LogP contribution in [0, 0.1) is 0 Å². The van der Waals surface area contributed by atoms with Crippen molar-refractivity contribution < 1.29 is 4.79 Å². The molecule has 0 radical (unpaired) electrons. The van der Waals surface area contributed by atoms with Crippen LogP contribution < -0.4 is 5.32 Å². The van der Waals surface area contributed by atoms with Crippen molar-refractivity contribution in [3.8, 4) is 0 Å². The van der Waals surface area contributed by atoms with Crippen molar-refractivity contribution in [3.63, 3.8) is 0 Å². The molecule has 4 rings (SSSR count). The van der Waals surface area contributed by atoms with Crippen LogP contribution in [0.25, 0.3) is 0 Å². The van der Waals surface area contributed by atoms with E-state index in [2.05, 4.69) is 32.2 Å². The quantitative estimate of drug-likeness (QED) is 0.581. The second-order valence-electron chi connectivity index (χ2n) is 6.74. The van der Waals surface area contributed by atoms with Crippen LogP contribution in [0.3, 0.4) is 0 Å². The molecule has 0 unspecified atom stereocenters. The zero-order valence-electron chi connectivity index (χ0n) is 15.2. The van der Waals surface area contributed by atoms with Gasteiger partial charge in [0, 0.05) is 10.8 Å². The van der Waals surface area contributed by atoms with Gasteiger partial charge in [0.15, 0.2) is 5.16 Å². The predicted molar refractivity (Wildman–Crippen MR) is 109 cm³/mol. The Kier molecular flexibility index (Phi) is 5.59. The molecule has 1 atom stereocenters. The third-order valence-electron chi connectivity index (χ3n) is 4.54. The summed E-state index contributed by atoms with van der Waals surface area (Å²) in [6.07, 6.45) is 2.35. The van der Waals surface area contributed by atoms with Gasteiger partial charge in [-0.15, -0.1) is 21.5 Å². The van der Waals surface area contributed by atoms with E-state index in [1.54, 1.807) is 11.3 Å². The van der Waals surface area contributed by atoms with E-state index in [1.807, 2.05) is 42.6 Å². The van der Waals surface area contributed by atoms with Gasteiger partial charge in [-0.25, -0.2) is 0 Å². The highest BCUT2D eigenvalue weighted by Gasteiger charge is 2.31. The van der Waals surface area contributed by atoms with Gasteiger partial charge in [0.2, 0.25) is 5.91 Å². The largest absolute Gasteiger partial charge is 0.350 e.